The summed E-state index contributed by atoms with van der Waals surface area (Å²) < 4.78 is 7.29. The van der Waals surface area contributed by atoms with Crippen LogP contribution in [0.1, 0.15) is 29.1 Å². The molecule has 0 unspecified atom stereocenters. The van der Waals surface area contributed by atoms with Crippen LogP contribution in [0.3, 0.4) is 0 Å². The third kappa shape index (κ3) is 2.87. The topological polar surface area (TPSA) is 51.3 Å². The van der Waals surface area contributed by atoms with E-state index < -0.39 is 0 Å². The maximum Gasteiger partial charge on any atom is 0.263 e. The quantitative estimate of drug-likeness (QED) is 0.692. The van der Waals surface area contributed by atoms with Crippen LogP contribution >= 0.6 is 0 Å². The lowest BCUT2D eigenvalue weighted by atomic mass is 9.92. The monoisotopic (exact) mass is 323 g/mol. The Morgan fingerprint density at radius 2 is 2.12 bits per heavy atom. The van der Waals surface area contributed by atoms with E-state index in [1.165, 1.54) is 28.9 Å². The van der Waals surface area contributed by atoms with Gasteiger partial charge in [0, 0.05) is 31.2 Å². The van der Waals surface area contributed by atoms with Crippen molar-refractivity contribution in [2.45, 2.75) is 19.4 Å². The van der Waals surface area contributed by atoms with E-state index in [1.807, 2.05) is 0 Å². The number of carbonyl (C=O) groups is 1. The van der Waals surface area contributed by atoms with E-state index in [2.05, 4.69) is 52.0 Å². The molecule has 5 nitrogen and oxygen atoms in total. The Hall–Kier alpha value is -2.40. The summed E-state index contributed by atoms with van der Waals surface area (Å²) in [5.41, 5.74) is 2.59. The van der Waals surface area contributed by atoms with Crippen molar-refractivity contribution in [2.75, 3.05) is 13.1 Å². The zero-order valence-electron chi connectivity index (χ0n) is 13.8. The average Bonchev–Trinajstić information content (AvgIpc) is 3.26. The number of aromatic nitrogens is 2. The summed E-state index contributed by atoms with van der Waals surface area (Å²) in [6.07, 6.45) is 6.82. The molecule has 0 bridgehead atoms. The van der Waals surface area contributed by atoms with Gasteiger partial charge in [-0.05, 0) is 49.0 Å². The minimum absolute atomic E-state index is 0.0373. The molecule has 1 saturated heterocycles. The van der Waals surface area contributed by atoms with Crippen LogP contribution < -0.4 is 0 Å². The van der Waals surface area contributed by atoms with Crippen molar-refractivity contribution in [3.05, 3.63) is 54.4 Å². The van der Waals surface area contributed by atoms with E-state index in [1.54, 1.807) is 0 Å². The molecule has 0 N–H and O–H groups in total. The van der Waals surface area contributed by atoms with Crippen LogP contribution in [0.5, 0.6) is 0 Å². The van der Waals surface area contributed by atoms with Gasteiger partial charge in [-0.3, -0.25) is 9.69 Å². The highest BCUT2D eigenvalue weighted by atomic mass is 16.3. The lowest BCUT2D eigenvalue weighted by Crippen LogP contribution is -2.36. The molecule has 0 radical (unpaired) electrons. The third-order valence-corrected chi connectivity index (χ3v) is 4.96. The van der Waals surface area contributed by atoms with Crippen molar-refractivity contribution in [1.29, 1.82) is 0 Å². The molecule has 1 aromatic carbocycles. The molecule has 3 aromatic rings. The Kier molecular flexibility index (Phi) is 3.94. The Morgan fingerprint density at radius 3 is 2.88 bits per heavy atom. The number of nitrogens with zero attached hydrogens (tertiary/aromatic N) is 3. The molecule has 5 heteroatoms. The summed E-state index contributed by atoms with van der Waals surface area (Å²) in [6, 6.07) is 8.79. The zero-order valence-corrected chi connectivity index (χ0v) is 13.8. The number of likely N-dealkylation sites (tertiary alicyclic amines) is 1. The van der Waals surface area contributed by atoms with Crippen LogP contribution in [0.2, 0.25) is 0 Å². The van der Waals surface area contributed by atoms with Crippen molar-refractivity contribution in [1.82, 2.24) is 14.5 Å². The molecule has 0 aliphatic carbocycles. The van der Waals surface area contributed by atoms with E-state index in [4.69, 9.17) is 4.42 Å². The van der Waals surface area contributed by atoms with Gasteiger partial charge in [-0.25, -0.2) is 4.98 Å². The second-order valence-corrected chi connectivity index (χ2v) is 6.57. The number of benzene rings is 1. The van der Waals surface area contributed by atoms with Gasteiger partial charge in [-0.15, -0.1) is 0 Å². The first-order valence-corrected chi connectivity index (χ1v) is 8.41. The van der Waals surface area contributed by atoms with E-state index in [9.17, 15) is 4.79 Å². The maximum absolute atomic E-state index is 12.3. The number of rotatable bonds is 4. The van der Waals surface area contributed by atoms with Gasteiger partial charge in [0.25, 0.3) is 5.89 Å². The Balaban J connectivity index is 1.38. The molecule has 2 aromatic heterocycles. The minimum atomic E-state index is 0.0373. The molecule has 0 amide bonds. The molecular formula is C19H21N3O2. The number of ketones is 1. The van der Waals surface area contributed by atoms with Crippen molar-refractivity contribution in [3.8, 4) is 0 Å². The standard InChI is InChI=1S/C19H21N3O2/c1-21-8-4-15-3-2-14(12-17(15)21)13-22-9-5-16(6-10-22)18(23)19-20-7-11-24-19/h2-4,7-8,11-12,16H,5-6,9-10,13H2,1H3. The second-order valence-electron chi connectivity index (χ2n) is 6.57. The summed E-state index contributed by atoms with van der Waals surface area (Å²) >= 11 is 0. The predicted octanol–water partition coefficient (Wildman–Crippen LogP) is 3.26. The van der Waals surface area contributed by atoms with Gasteiger partial charge in [0.15, 0.2) is 0 Å². The van der Waals surface area contributed by atoms with Crippen LogP contribution in [0, 0.1) is 5.92 Å². The number of hydrogen-bond acceptors (Lipinski definition) is 4. The molecule has 124 valence electrons. The Morgan fingerprint density at radius 1 is 1.29 bits per heavy atom. The van der Waals surface area contributed by atoms with Crippen molar-refractivity contribution < 1.29 is 9.21 Å². The Labute approximate surface area is 140 Å². The van der Waals surface area contributed by atoms with Gasteiger partial charge >= 0.3 is 0 Å². The first-order chi connectivity index (χ1) is 11.7. The van der Waals surface area contributed by atoms with Gasteiger partial charge in [0.2, 0.25) is 5.78 Å². The summed E-state index contributed by atoms with van der Waals surface area (Å²) in [5, 5.41) is 1.27. The minimum Gasteiger partial charge on any atom is -0.442 e. The van der Waals surface area contributed by atoms with Crippen LogP contribution in [0.4, 0.5) is 0 Å². The highest BCUT2D eigenvalue weighted by molar-refractivity contribution is 5.93. The molecular weight excluding hydrogens is 302 g/mol. The normalized spacial score (nSPS) is 16.7. The molecule has 3 heterocycles. The molecule has 0 saturated carbocycles. The number of fused-ring (bicyclic) bond motifs is 1. The van der Waals surface area contributed by atoms with Gasteiger partial charge in [-0.2, -0.15) is 0 Å². The summed E-state index contributed by atoms with van der Waals surface area (Å²) in [6.45, 7) is 2.80. The fourth-order valence-electron chi connectivity index (χ4n) is 3.54. The number of hydrogen-bond donors (Lipinski definition) is 0. The van der Waals surface area contributed by atoms with E-state index in [-0.39, 0.29) is 17.6 Å². The molecule has 1 fully saturated rings. The van der Waals surface area contributed by atoms with Gasteiger partial charge in [0.05, 0.1) is 6.20 Å². The van der Waals surface area contributed by atoms with Gasteiger partial charge in [0.1, 0.15) is 6.26 Å². The van der Waals surface area contributed by atoms with E-state index in [0.717, 1.165) is 32.5 Å². The van der Waals surface area contributed by atoms with Gasteiger partial charge < -0.3 is 8.98 Å². The van der Waals surface area contributed by atoms with Crippen molar-refractivity contribution in [3.63, 3.8) is 0 Å². The third-order valence-electron chi connectivity index (χ3n) is 4.96. The first-order valence-electron chi connectivity index (χ1n) is 8.41. The second kappa shape index (κ2) is 6.24. The molecule has 4 rings (SSSR count). The Bertz CT molecular complexity index is 843. The molecule has 1 aliphatic heterocycles. The fraction of sp³-hybridized carbons (Fsp3) is 0.368. The molecule has 1 aliphatic rings. The number of Topliss-reactive ketones (excluding diaryl/α,β-unsaturated/α-hetero) is 1. The molecule has 0 atom stereocenters. The summed E-state index contributed by atoms with van der Waals surface area (Å²) in [7, 11) is 2.08. The van der Waals surface area contributed by atoms with Crippen LogP contribution in [0.15, 0.2) is 47.3 Å². The summed E-state index contributed by atoms with van der Waals surface area (Å²) in [4.78, 5) is 18.7. The van der Waals surface area contributed by atoms with E-state index in [0.29, 0.717) is 0 Å². The van der Waals surface area contributed by atoms with Crippen LogP contribution in [0.25, 0.3) is 10.9 Å². The lowest BCUT2D eigenvalue weighted by Gasteiger charge is -2.30. The smallest absolute Gasteiger partial charge is 0.263 e. The predicted molar refractivity (Wildman–Crippen MR) is 91.8 cm³/mol. The maximum atomic E-state index is 12.3. The fourth-order valence-corrected chi connectivity index (χ4v) is 3.54. The summed E-state index contributed by atoms with van der Waals surface area (Å²) in [5.74, 6) is 0.336. The average molecular weight is 323 g/mol. The number of oxazole rings is 1. The number of aryl methyl sites for hydroxylation is 1. The van der Waals surface area contributed by atoms with Crippen molar-refractivity contribution >= 4 is 16.7 Å². The first kappa shape index (κ1) is 15.1. The van der Waals surface area contributed by atoms with E-state index >= 15 is 0 Å². The zero-order chi connectivity index (χ0) is 16.5. The SMILES string of the molecule is Cn1ccc2ccc(CN3CCC(C(=O)c4ncco4)CC3)cc21. The molecule has 0 spiro atoms. The molecule has 24 heavy (non-hydrogen) atoms. The van der Waals surface area contributed by atoms with Crippen molar-refractivity contribution in [2.24, 2.45) is 13.0 Å². The van der Waals surface area contributed by atoms with Crippen LogP contribution in [-0.4, -0.2) is 33.3 Å². The van der Waals surface area contributed by atoms with Crippen LogP contribution in [-0.2, 0) is 13.6 Å². The number of piperidine rings is 1. The lowest BCUT2D eigenvalue weighted by molar-refractivity contribution is 0.0799. The van der Waals surface area contributed by atoms with Gasteiger partial charge in [-0.1, -0.05) is 12.1 Å². The number of carbonyl (C=O) groups excluding carboxylic acids is 1. The largest absolute Gasteiger partial charge is 0.442 e. The highest BCUT2D eigenvalue weighted by Gasteiger charge is 2.28. The highest BCUT2D eigenvalue weighted by Crippen LogP contribution is 2.23.